The van der Waals surface area contributed by atoms with Gasteiger partial charge in [0.2, 0.25) is 0 Å². The van der Waals surface area contributed by atoms with E-state index in [2.05, 4.69) is 57.8 Å². The first-order valence-corrected chi connectivity index (χ1v) is 10.9. The minimum atomic E-state index is -0.0758. The predicted molar refractivity (Wildman–Crippen MR) is 117 cm³/mol. The second kappa shape index (κ2) is 11.5. The van der Waals surface area contributed by atoms with Crippen LogP contribution in [0.4, 0.5) is 0 Å². The van der Waals surface area contributed by atoms with E-state index in [-0.39, 0.29) is 11.6 Å². The van der Waals surface area contributed by atoms with Gasteiger partial charge in [0.25, 0.3) is 0 Å². The van der Waals surface area contributed by atoms with Crippen LogP contribution in [0.2, 0.25) is 0 Å². The molecular formula is C22H37N5O2. The molecule has 0 aromatic heterocycles. The van der Waals surface area contributed by atoms with Gasteiger partial charge in [0, 0.05) is 44.4 Å². The molecule has 1 aromatic carbocycles. The number of benzene rings is 1. The lowest BCUT2D eigenvalue weighted by Crippen LogP contribution is -2.53. The Hall–Kier alpha value is -1.67. The first kappa shape index (κ1) is 22.0. The molecule has 0 spiro atoms. The summed E-state index contributed by atoms with van der Waals surface area (Å²) in [7, 11) is 0. The van der Waals surface area contributed by atoms with Crippen molar-refractivity contribution in [2.24, 2.45) is 10.7 Å². The van der Waals surface area contributed by atoms with Gasteiger partial charge in [-0.2, -0.15) is 0 Å². The van der Waals surface area contributed by atoms with Crippen LogP contribution in [0.15, 0.2) is 35.3 Å². The Morgan fingerprint density at radius 3 is 2.55 bits per heavy atom. The monoisotopic (exact) mass is 403 g/mol. The van der Waals surface area contributed by atoms with E-state index in [1.807, 2.05) is 0 Å². The van der Waals surface area contributed by atoms with Crippen molar-refractivity contribution < 1.29 is 9.47 Å². The molecule has 0 aliphatic carbocycles. The van der Waals surface area contributed by atoms with Crippen LogP contribution in [0.5, 0.6) is 0 Å². The van der Waals surface area contributed by atoms with Gasteiger partial charge in [0.05, 0.1) is 19.8 Å². The molecule has 0 radical (unpaired) electrons. The van der Waals surface area contributed by atoms with Crippen LogP contribution < -0.4 is 16.4 Å². The molecule has 2 fully saturated rings. The molecule has 1 atom stereocenters. The van der Waals surface area contributed by atoms with Crippen molar-refractivity contribution in [2.45, 2.75) is 37.8 Å². The number of guanidine groups is 1. The smallest absolute Gasteiger partial charge is 0.188 e. The number of nitrogens with zero attached hydrogens (tertiary/aromatic N) is 2. The average molecular weight is 404 g/mol. The highest BCUT2D eigenvalue weighted by Crippen LogP contribution is 2.25. The van der Waals surface area contributed by atoms with Gasteiger partial charge in [-0.05, 0) is 38.3 Å². The predicted octanol–water partition coefficient (Wildman–Crippen LogP) is 1.51. The largest absolute Gasteiger partial charge is 0.381 e. The zero-order valence-corrected chi connectivity index (χ0v) is 17.7. The van der Waals surface area contributed by atoms with Gasteiger partial charge in [0.1, 0.15) is 0 Å². The third kappa shape index (κ3) is 7.26. The molecule has 2 heterocycles. The van der Waals surface area contributed by atoms with Crippen molar-refractivity contribution in [3.05, 3.63) is 35.9 Å². The maximum absolute atomic E-state index is 6.16. The summed E-state index contributed by atoms with van der Waals surface area (Å²) >= 11 is 0. The minimum absolute atomic E-state index is 0.0758. The number of morpholine rings is 1. The lowest BCUT2D eigenvalue weighted by Gasteiger charge is -2.39. The van der Waals surface area contributed by atoms with Crippen molar-refractivity contribution in [3.8, 4) is 0 Å². The molecule has 7 heteroatoms. The molecule has 0 bridgehead atoms. The molecular weight excluding hydrogens is 366 g/mol. The molecule has 29 heavy (non-hydrogen) atoms. The first-order valence-electron chi connectivity index (χ1n) is 10.9. The van der Waals surface area contributed by atoms with E-state index in [0.29, 0.717) is 12.5 Å². The number of rotatable bonds is 9. The third-order valence-corrected chi connectivity index (χ3v) is 5.89. The van der Waals surface area contributed by atoms with E-state index in [1.165, 1.54) is 5.56 Å². The highest BCUT2D eigenvalue weighted by molar-refractivity contribution is 5.77. The fourth-order valence-corrected chi connectivity index (χ4v) is 4.03. The van der Waals surface area contributed by atoms with Crippen molar-refractivity contribution in [2.75, 3.05) is 59.2 Å². The number of aliphatic imine (C=N–C) groups is 1. The maximum Gasteiger partial charge on any atom is 0.188 e. The van der Waals surface area contributed by atoms with E-state index in [1.54, 1.807) is 0 Å². The van der Waals surface area contributed by atoms with Crippen LogP contribution >= 0.6 is 0 Å². The molecule has 1 aromatic rings. The van der Waals surface area contributed by atoms with Crippen LogP contribution in [-0.4, -0.2) is 75.5 Å². The summed E-state index contributed by atoms with van der Waals surface area (Å²) in [6, 6.07) is 10.8. The van der Waals surface area contributed by atoms with Crippen molar-refractivity contribution in [1.29, 1.82) is 0 Å². The maximum atomic E-state index is 6.16. The SMILES string of the molecule is CC(NC1(CN=C(N)NCCCN2CCOCC2)CCOCC1)c1ccccc1. The van der Waals surface area contributed by atoms with Crippen molar-refractivity contribution >= 4 is 5.96 Å². The van der Waals surface area contributed by atoms with Crippen molar-refractivity contribution in [1.82, 2.24) is 15.5 Å². The summed E-state index contributed by atoms with van der Waals surface area (Å²) in [5.41, 5.74) is 7.37. The topological polar surface area (TPSA) is 84.1 Å². The Morgan fingerprint density at radius 2 is 1.83 bits per heavy atom. The summed E-state index contributed by atoms with van der Waals surface area (Å²) < 4.78 is 11.0. The Morgan fingerprint density at radius 1 is 1.14 bits per heavy atom. The van der Waals surface area contributed by atoms with Gasteiger partial charge in [-0.25, -0.2) is 0 Å². The van der Waals surface area contributed by atoms with E-state index in [0.717, 1.165) is 71.9 Å². The summed E-state index contributed by atoms with van der Waals surface area (Å²) in [6.07, 6.45) is 2.94. The fraction of sp³-hybridized carbons (Fsp3) is 0.682. The fourth-order valence-electron chi connectivity index (χ4n) is 4.03. The molecule has 1 unspecified atom stereocenters. The zero-order valence-electron chi connectivity index (χ0n) is 17.7. The minimum Gasteiger partial charge on any atom is -0.381 e. The molecule has 3 rings (SSSR count). The van der Waals surface area contributed by atoms with Crippen LogP contribution in [0.3, 0.4) is 0 Å². The highest BCUT2D eigenvalue weighted by Gasteiger charge is 2.33. The number of hydrogen-bond donors (Lipinski definition) is 3. The molecule has 2 aliphatic rings. The molecule has 7 nitrogen and oxygen atoms in total. The van der Waals surface area contributed by atoms with Crippen molar-refractivity contribution in [3.63, 3.8) is 0 Å². The summed E-state index contributed by atoms with van der Waals surface area (Å²) in [4.78, 5) is 7.12. The average Bonchev–Trinajstić information content (AvgIpc) is 2.77. The first-order chi connectivity index (χ1) is 14.2. The number of nitrogens with two attached hydrogens (primary N) is 1. The molecule has 2 aliphatic heterocycles. The van der Waals surface area contributed by atoms with Gasteiger partial charge in [-0.1, -0.05) is 30.3 Å². The number of nitrogens with one attached hydrogen (secondary N) is 2. The van der Waals surface area contributed by atoms with Gasteiger partial charge >= 0.3 is 0 Å². The Balaban J connectivity index is 1.47. The van der Waals surface area contributed by atoms with Crippen LogP contribution in [0.1, 0.15) is 37.8 Å². The lowest BCUT2D eigenvalue weighted by molar-refractivity contribution is 0.0374. The van der Waals surface area contributed by atoms with Gasteiger partial charge in [-0.3, -0.25) is 9.89 Å². The van der Waals surface area contributed by atoms with Gasteiger partial charge < -0.3 is 25.8 Å². The van der Waals surface area contributed by atoms with E-state index in [9.17, 15) is 0 Å². The van der Waals surface area contributed by atoms with E-state index >= 15 is 0 Å². The second-order valence-electron chi connectivity index (χ2n) is 8.11. The number of ether oxygens (including phenoxy) is 2. The lowest BCUT2D eigenvalue weighted by atomic mass is 9.88. The summed E-state index contributed by atoms with van der Waals surface area (Å²) in [5, 5.41) is 7.10. The molecule has 0 amide bonds. The molecule has 0 saturated carbocycles. The number of hydrogen-bond acceptors (Lipinski definition) is 5. The van der Waals surface area contributed by atoms with Gasteiger partial charge in [-0.15, -0.1) is 0 Å². The summed E-state index contributed by atoms with van der Waals surface area (Å²) in [6.45, 7) is 10.1. The van der Waals surface area contributed by atoms with E-state index in [4.69, 9.17) is 15.2 Å². The van der Waals surface area contributed by atoms with Crippen LogP contribution in [0.25, 0.3) is 0 Å². The van der Waals surface area contributed by atoms with E-state index < -0.39 is 0 Å². The Bertz CT molecular complexity index is 613. The van der Waals surface area contributed by atoms with Crippen LogP contribution in [-0.2, 0) is 9.47 Å². The normalized spacial score (nSPS) is 21.6. The van der Waals surface area contributed by atoms with Crippen LogP contribution in [0, 0.1) is 0 Å². The molecule has 4 N–H and O–H groups in total. The molecule has 2 saturated heterocycles. The summed E-state index contributed by atoms with van der Waals surface area (Å²) in [5.74, 6) is 0.534. The van der Waals surface area contributed by atoms with Gasteiger partial charge in [0.15, 0.2) is 5.96 Å². The Labute approximate surface area is 175 Å². The second-order valence-corrected chi connectivity index (χ2v) is 8.11. The quantitative estimate of drug-likeness (QED) is 0.329. The highest BCUT2D eigenvalue weighted by atomic mass is 16.5. The standard InChI is InChI=1S/C22H37N5O2/c1-19(20-6-3-2-4-7-20)26-22(8-14-28-15-9-22)18-25-21(23)24-10-5-11-27-12-16-29-17-13-27/h2-4,6-7,19,26H,5,8-18H2,1H3,(H3,23,24,25). The molecule has 162 valence electrons. The zero-order chi connectivity index (χ0) is 20.4. The third-order valence-electron chi connectivity index (χ3n) is 5.89. The Kier molecular flexibility index (Phi) is 8.73.